The molecular formula is C14H12BrClN2S. The van der Waals surface area contributed by atoms with E-state index in [2.05, 4.69) is 21.2 Å². The van der Waals surface area contributed by atoms with Gasteiger partial charge >= 0.3 is 0 Å². The third kappa shape index (κ3) is 3.47. The van der Waals surface area contributed by atoms with E-state index in [1.165, 1.54) is 5.56 Å². The van der Waals surface area contributed by atoms with Crippen molar-refractivity contribution in [1.29, 1.82) is 0 Å². The minimum absolute atomic E-state index is 0.299. The van der Waals surface area contributed by atoms with Crippen molar-refractivity contribution in [2.75, 3.05) is 5.32 Å². The highest BCUT2D eigenvalue weighted by Crippen LogP contribution is 2.29. The van der Waals surface area contributed by atoms with E-state index in [1.54, 1.807) is 0 Å². The zero-order valence-corrected chi connectivity index (χ0v) is 13.4. The number of nitrogens with two attached hydrogens (primary N) is 1. The topological polar surface area (TPSA) is 38.0 Å². The van der Waals surface area contributed by atoms with Crippen LogP contribution in [-0.2, 0) is 0 Å². The Balaban J connectivity index is 2.29. The van der Waals surface area contributed by atoms with Gasteiger partial charge in [0, 0.05) is 15.7 Å². The summed E-state index contributed by atoms with van der Waals surface area (Å²) in [6.45, 7) is 2.04. The van der Waals surface area contributed by atoms with Gasteiger partial charge in [0.25, 0.3) is 0 Å². The molecular weight excluding hydrogens is 344 g/mol. The van der Waals surface area contributed by atoms with Gasteiger partial charge in [-0.1, -0.05) is 29.9 Å². The van der Waals surface area contributed by atoms with E-state index in [1.807, 2.05) is 43.3 Å². The number of nitrogens with one attached hydrogen (secondary N) is 1. The molecule has 0 aliphatic carbocycles. The molecule has 0 amide bonds. The Bertz CT molecular complexity index is 643. The minimum atomic E-state index is 0.299. The van der Waals surface area contributed by atoms with Crippen LogP contribution in [0.2, 0.25) is 5.02 Å². The third-order valence-electron chi connectivity index (χ3n) is 2.64. The molecule has 0 atom stereocenters. The maximum atomic E-state index is 6.14. The molecule has 0 fully saturated rings. The van der Waals surface area contributed by atoms with Crippen LogP contribution in [0.5, 0.6) is 0 Å². The largest absolute Gasteiger partial charge is 0.389 e. The molecule has 0 aliphatic rings. The quantitative estimate of drug-likeness (QED) is 0.778. The lowest BCUT2D eigenvalue weighted by Crippen LogP contribution is -2.09. The molecule has 0 unspecified atom stereocenters. The van der Waals surface area contributed by atoms with Crippen molar-refractivity contribution in [1.82, 2.24) is 0 Å². The van der Waals surface area contributed by atoms with Gasteiger partial charge in [0.1, 0.15) is 4.99 Å². The first-order chi connectivity index (χ1) is 8.97. The molecule has 0 saturated heterocycles. The van der Waals surface area contributed by atoms with Gasteiger partial charge in [0.15, 0.2) is 0 Å². The lowest BCUT2D eigenvalue weighted by molar-refractivity contribution is 1.43. The first-order valence-electron chi connectivity index (χ1n) is 5.60. The van der Waals surface area contributed by atoms with Gasteiger partial charge in [-0.05, 0) is 58.7 Å². The smallest absolute Gasteiger partial charge is 0.105 e. The van der Waals surface area contributed by atoms with Gasteiger partial charge in [0.2, 0.25) is 0 Å². The molecule has 5 heteroatoms. The molecule has 98 valence electrons. The van der Waals surface area contributed by atoms with Gasteiger partial charge in [-0.25, -0.2) is 0 Å². The molecule has 19 heavy (non-hydrogen) atoms. The fourth-order valence-corrected chi connectivity index (χ4v) is 2.78. The first kappa shape index (κ1) is 14.3. The molecule has 2 aromatic rings. The van der Waals surface area contributed by atoms with Crippen molar-refractivity contribution in [2.45, 2.75) is 6.92 Å². The number of hydrogen-bond donors (Lipinski definition) is 2. The highest BCUT2D eigenvalue weighted by Gasteiger charge is 2.06. The predicted molar refractivity (Wildman–Crippen MR) is 89.5 cm³/mol. The summed E-state index contributed by atoms with van der Waals surface area (Å²) < 4.78 is 1.00. The molecule has 0 radical (unpaired) electrons. The van der Waals surface area contributed by atoms with Crippen molar-refractivity contribution < 1.29 is 0 Å². The summed E-state index contributed by atoms with van der Waals surface area (Å²) in [5.74, 6) is 0. The summed E-state index contributed by atoms with van der Waals surface area (Å²) in [4.78, 5) is 0.299. The van der Waals surface area contributed by atoms with Gasteiger partial charge in [-0.2, -0.15) is 0 Å². The second-order valence-electron chi connectivity index (χ2n) is 4.17. The number of aryl methyl sites for hydroxylation is 1. The van der Waals surface area contributed by atoms with E-state index < -0.39 is 0 Å². The summed E-state index contributed by atoms with van der Waals surface area (Å²) in [7, 11) is 0. The zero-order valence-electron chi connectivity index (χ0n) is 10.2. The Morgan fingerprint density at radius 2 is 2.00 bits per heavy atom. The second-order valence-corrected chi connectivity index (χ2v) is 5.87. The number of thiocarbonyl (C=S) groups is 1. The number of rotatable bonds is 3. The standard InChI is InChI=1S/C14H12BrClN2S/c1-8-2-5-13(11(15)6-8)18-9-3-4-10(14(17)19)12(16)7-9/h2-7,18H,1H3,(H2,17,19). The van der Waals surface area contributed by atoms with E-state index in [0.29, 0.717) is 15.6 Å². The Labute approximate surface area is 131 Å². The lowest BCUT2D eigenvalue weighted by Gasteiger charge is -2.11. The summed E-state index contributed by atoms with van der Waals surface area (Å²) in [6.07, 6.45) is 0. The lowest BCUT2D eigenvalue weighted by atomic mass is 10.2. The highest BCUT2D eigenvalue weighted by molar-refractivity contribution is 9.10. The molecule has 0 aromatic heterocycles. The number of halogens is 2. The molecule has 0 spiro atoms. The Morgan fingerprint density at radius 1 is 1.26 bits per heavy atom. The van der Waals surface area contributed by atoms with Crippen molar-refractivity contribution in [2.24, 2.45) is 5.73 Å². The van der Waals surface area contributed by atoms with Crippen LogP contribution < -0.4 is 11.1 Å². The number of anilines is 2. The normalized spacial score (nSPS) is 10.3. The van der Waals surface area contributed by atoms with E-state index in [9.17, 15) is 0 Å². The summed E-state index contributed by atoms with van der Waals surface area (Å²) in [5, 5.41) is 3.83. The van der Waals surface area contributed by atoms with Gasteiger partial charge in [-0.3, -0.25) is 0 Å². The van der Waals surface area contributed by atoms with Gasteiger partial charge < -0.3 is 11.1 Å². The second kappa shape index (κ2) is 5.90. The van der Waals surface area contributed by atoms with Crippen LogP contribution in [0, 0.1) is 6.92 Å². The van der Waals surface area contributed by atoms with E-state index in [-0.39, 0.29) is 0 Å². The molecule has 0 bridgehead atoms. The van der Waals surface area contributed by atoms with Crippen molar-refractivity contribution in [3.05, 3.63) is 57.0 Å². The Morgan fingerprint density at radius 3 is 2.58 bits per heavy atom. The highest BCUT2D eigenvalue weighted by atomic mass is 79.9. The van der Waals surface area contributed by atoms with Crippen LogP contribution >= 0.6 is 39.7 Å². The maximum absolute atomic E-state index is 6.14. The molecule has 3 N–H and O–H groups in total. The monoisotopic (exact) mass is 354 g/mol. The summed E-state index contributed by atoms with van der Waals surface area (Å²) in [6, 6.07) is 11.6. The third-order valence-corrected chi connectivity index (χ3v) is 3.83. The average Bonchev–Trinajstić information content (AvgIpc) is 2.32. The van der Waals surface area contributed by atoms with Crippen LogP contribution in [0.15, 0.2) is 40.9 Å². The van der Waals surface area contributed by atoms with Crippen LogP contribution in [0.3, 0.4) is 0 Å². The fourth-order valence-electron chi connectivity index (χ4n) is 1.67. The molecule has 2 rings (SSSR count). The zero-order chi connectivity index (χ0) is 14.0. The number of hydrogen-bond acceptors (Lipinski definition) is 2. The molecule has 0 heterocycles. The van der Waals surface area contributed by atoms with Crippen molar-refractivity contribution >= 4 is 56.1 Å². The molecule has 0 aliphatic heterocycles. The van der Waals surface area contributed by atoms with Crippen LogP contribution in [0.25, 0.3) is 0 Å². The fraction of sp³-hybridized carbons (Fsp3) is 0.0714. The first-order valence-corrected chi connectivity index (χ1v) is 7.18. The van der Waals surface area contributed by atoms with Crippen LogP contribution in [0.1, 0.15) is 11.1 Å². The van der Waals surface area contributed by atoms with E-state index in [0.717, 1.165) is 15.8 Å². The van der Waals surface area contributed by atoms with Gasteiger partial charge in [0.05, 0.1) is 10.7 Å². The predicted octanol–water partition coefficient (Wildman–Crippen LogP) is 4.79. The van der Waals surface area contributed by atoms with E-state index >= 15 is 0 Å². The molecule has 0 saturated carbocycles. The molecule has 2 aromatic carbocycles. The average molecular weight is 356 g/mol. The van der Waals surface area contributed by atoms with Crippen molar-refractivity contribution in [3.8, 4) is 0 Å². The maximum Gasteiger partial charge on any atom is 0.105 e. The number of benzene rings is 2. The molecule has 2 nitrogen and oxygen atoms in total. The SMILES string of the molecule is Cc1ccc(Nc2ccc(C(N)=S)c(Cl)c2)c(Br)c1. The van der Waals surface area contributed by atoms with Crippen LogP contribution in [-0.4, -0.2) is 4.99 Å². The van der Waals surface area contributed by atoms with E-state index in [4.69, 9.17) is 29.6 Å². The summed E-state index contributed by atoms with van der Waals surface area (Å²) >= 11 is 14.6. The Hall–Kier alpha value is -1.10. The summed E-state index contributed by atoms with van der Waals surface area (Å²) in [5.41, 5.74) is 9.32. The van der Waals surface area contributed by atoms with Crippen molar-refractivity contribution in [3.63, 3.8) is 0 Å². The van der Waals surface area contributed by atoms with Crippen LogP contribution in [0.4, 0.5) is 11.4 Å². The Kier molecular flexibility index (Phi) is 4.45. The minimum Gasteiger partial charge on any atom is -0.389 e. The van der Waals surface area contributed by atoms with Gasteiger partial charge in [-0.15, -0.1) is 0 Å².